The molecule has 2 aromatic rings. The van der Waals surface area contributed by atoms with Crippen LogP contribution in [0.2, 0.25) is 0 Å². The molecule has 1 aliphatic carbocycles. The Morgan fingerprint density at radius 2 is 1.88 bits per heavy atom. The lowest BCUT2D eigenvalue weighted by atomic mass is 9.96. The van der Waals surface area contributed by atoms with Crippen LogP contribution in [0.5, 0.6) is 0 Å². The first-order valence-corrected chi connectivity index (χ1v) is 8.48. The highest BCUT2D eigenvalue weighted by Gasteiger charge is 2.52. The summed E-state index contributed by atoms with van der Waals surface area (Å²) in [5, 5.41) is 7.17. The Balaban J connectivity index is 1.75. The van der Waals surface area contributed by atoms with Gasteiger partial charge >= 0.3 is 5.97 Å². The zero-order valence-corrected chi connectivity index (χ0v) is 15.0. The van der Waals surface area contributed by atoms with Gasteiger partial charge in [0, 0.05) is 18.4 Å². The van der Waals surface area contributed by atoms with Gasteiger partial charge in [0.05, 0.1) is 23.3 Å². The van der Waals surface area contributed by atoms with Gasteiger partial charge in [0.1, 0.15) is 0 Å². The molecule has 1 N–H and O–H groups in total. The molecule has 0 spiro atoms. The highest BCUT2D eigenvalue weighted by Crippen LogP contribution is 2.49. The molecular formula is C19H23N3O3. The smallest absolute Gasteiger partial charge is 0.316 e. The third kappa shape index (κ3) is 3.04. The van der Waals surface area contributed by atoms with Gasteiger partial charge in [-0.3, -0.25) is 14.3 Å². The molecule has 0 atom stereocenters. The molecule has 25 heavy (non-hydrogen) atoms. The first-order chi connectivity index (χ1) is 11.9. The first-order valence-electron chi connectivity index (χ1n) is 8.48. The van der Waals surface area contributed by atoms with Crippen molar-refractivity contribution in [1.82, 2.24) is 9.78 Å². The maximum absolute atomic E-state index is 12.5. The number of hydrogen-bond acceptors (Lipinski definition) is 4. The van der Waals surface area contributed by atoms with Crippen molar-refractivity contribution in [3.05, 3.63) is 46.8 Å². The molecule has 1 heterocycles. The minimum absolute atomic E-state index is 0.159. The number of anilines is 1. The molecule has 1 aromatic heterocycles. The maximum Gasteiger partial charge on any atom is 0.316 e. The maximum atomic E-state index is 12.5. The van der Waals surface area contributed by atoms with Gasteiger partial charge in [-0.15, -0.1) is 0 Å². The van der Waals surface area contributed by atoms with Crippen molar-refractivity contribution in [1.29, 1.82) is 0 Å². The summed E-state index contributed by atoms with van der Waals surface area (Å²) in [5.41, 5.74) is 3.26. The van der Waals surface area contributed by atoms with E-state index in [9.17, 15) is 9.59 Å². The predicted molar refractivity (Wildman–Crippen MR) is 94.6 cm³/mol. The number of aryl methyl sites for hydroxylation is 2. The number of carbonyl (C=O) groups excluding carboxylic acids is 2. The highest BCUT2D eigenvalue weighted by molar-refractivity contribution is 6.05. The molecule has 0 aliphatic heterocycles. The van der Waals surface area contributed by atoms with Crippen molar-refractivity contribution in [2.24, 2.45) is 7.05 Å². The molecule has 3 rings (SSSR count). The molecule has 0 radical (unpaired) electrons. The molecule has 132 valence electrons. The topological polar surface area (TPSA) is 73.2 Å². The molecule has 6 heteroatoms. The van der Waals surface area contributed by atoms with Crippen molar-refractivity contribution in [3.63, 3.8) is 0 Å². The Hall–Kier alpha value is -2.63. The fraction of sp³-hybridized carbons (Fsp3) is 0.421. The van der Waals surface area contributed by atoms with Crippen LogP contribution in [0.3, 0.4) is 0 Å². The number of benzene rings is 1. The number of rotatable bonds is 5. The SMILES string of the molecule is CCOC(=O)C1(c2ccc(NC(=O)c3c(C)nn(C)c3C)cc2)CC1. The van der Waals surface area contributed by atoms with Crippen LogP contribution in [-0.2, 0) is 22.0 Å². The average Bonchev–Trinajstić information content (AvgIpc) is 3.33. The number of hydrogen-bond donors (Lipinski definition) is 1. The Kier molecular flexibility index (Phi) is 4.37. The van der Waals surface area contributed by atoms with Crippen molar-refractivity contribution in [3.8, 4) is 0 Å². The molecule has 0 bridgehead atoms. The molecule has 0 unspecified atom stereocenters. The zero-order chi connectivity index (χ0) is 18.2. The second-order valence-corrected chi connectivity index (χ2v) is 6.50. The lowest BCUT2D eigenvalue weighted by Gasteiger charge is -2.15. The Morgan fingerprint density at radius 3 is 2.36 bits per heavy atom. The highest BCUT2D eigenvalue weighted by atomic mass is 16.5. The molecule has 6 nitrogen and oxygen atoms in total. The molecule has 1 saturated carbocycles. The number of nitrogens with zero attached hydrogens (tertiary/aromatic N) is 2. The summed E-state index contributed by atoms with van der Waals surface area (Å²) in [5.74, 6) is -0.337. The summed E-state index contributed by atoms with van der Waals surface area (Å²) in [6, 6.07) is 7.44. The number of carbonyl (C=O) groups is 2. The lowest BCUT2D eigenvalue weighted by Crippen LogP contribution is -2.23. The van der Waals surface area contributed by atoms with E-state index < -0.39 is 5.41 Å². The van der Waals surface area contributed by atoms with E-state index >= 15 is 0 Å². The summed E-state index contributed by atoms with van der Waals surface area (Å²) in [4.78, 5) is 24.7. The zero-order valence-electron chi connectivity index (χ0n) is 15.0. The van der Waals surface area contributed by atoms with Crippen LogP contribution in [0, 0.1) is 13.8 Å². The van der Waals surface area contributed by atoms with Crippen molar-refractivity contribution in [2.75, 3.05) is 11.9 Å². The number of esters is 1. The molecule has 1 fully saturated rings. The van der Waals surface area contributed by atoms with E-state index in [1.54, 1.807) is 4.68 Å². The summed E-state index contributed by atoms with van der Waals surface area (Å²) >= 11 is 0. The second kappa shape index (κ2) is 6.35. The monoisotopic (exact) mass is 341 g/mol. The van der Waals surface area contributed by atoms with E-state index in [1.165, 1.54) is 0 Å². The molecule has 1 aromatic carbocycles. The average molecular weight is 341 g/mol. The second-order valence-electron chi connectivity index (χ2n) is 6.50. The first kappa shape index (κ1) is 17.2. The summed E-state index contributed by atoms with van der Waals surface area (Å²) in [6.07, 6.45) is 1.62. The summed E-state index contributed by atoms with van der Waals surface area (Å²) in [7, 11) is 1.82. The van der Waals surface area contributed by atoms with E-state index in [0.717, 1.165) is 24.1 Å². The molecular weight excluding hydrogens is 318 g/mol. The Bertz CT molecular complexity index is 817. The van der Waals surface area contributed by atoms with Crippen LogP contribution in [-0.4, -0.2) is 28.3 Å². The van der Waals surface area contributed by atoms with Gasteiger partial charge in [0.15, 0.2) is 0 Å². The van der Waals surface area contributed by atoms with Crippen LogP contribution < -0.4 is 5.32 Å². The normalized spacial score (nSPS) is 14.9. The largest absolute Gasteiger partial charge is 0.465 e. The van der Waals surface area contributed by atoms with Crippen LogP contribution in [0.1, 0.15) is 47.1 Å². The van der Waals surface area contributed by atoms with Crippen LogP contribution in [0.4, 0.5) is 5.69 Å². The van der Waals surface area contributed by atoms with Gasteiger partial charge in [-0.1, -0.05) is 12.1 Å². The fourth-order valence-corrected chi connectivity index (χ4v) is 3.17. The van der Waals surface area contributed by atoms with Crippen LogP contribution in [0.25, 0.3) is 0 Å². The van der Waals surface area contributed by atoms with Gasteiger partial charge in [-0.25, -0.2) is 0 Å². The van der Waals surface area contributed by atoms with Gasteiger partial charge in [-0.05, 0) is 51.3 Å². The Labute approximate surface area is 147 Å². The molecule has 1 amide bonds. The van der Waals surface area contributed by atoms with Crippen molar-refractivity contribution in [2.45, 2.75) is 39.0 Å². The summed E-state index contributed by atoms with van der Waals surface area (Å²) < 4.78 is 6.88. The standard InChI is InChI=1S/C19H23N3O3/c1-5-25-18(24)19(10-11-19)14-6-8-15(9-7-14)20-17(23)16-12(2)21-22(4)13(16)3/h6-9H,5,10-11H2,1-4H3,(H,20,23). The molecule has 0 saturated heterocycles. The van der Waals surface area contributed by atoms with Gasteiger partial charge in [-0.2, -0.15) is 5.10 Å². The number of aromatic nitrogens is 2. The van der Waals surface area contributed by atoms with Gasteiger partial charge < -0.3 is 10.1 Å². The van der Waals surface area contributed by atoms with E-state index in [-0.39, 0.29) is 11.9 Å². The number of ether oxygens (including phenoxy) is 1. The fourth-order valence-electron chi connectivity index (χ4n) is 3.17. The van der Waals surface area contributed by atoms with E-state index in [0.29, 0.717) is 23.6 Å². The van der Waals surface area contributed by atoms with Gasteiger partial charge in [0.25, 0.3) is 5.91 Å². The van der Waals surface area contributed by atoms with E-state index in [1.807, 2.05) is 52.1 Å². The predicted octanol–water partition coefficient (Wildman–Crippen LogP) is 2.88. The van der Waals surface area contributed by atoms with E-state index in [4.69, 9.17) is 4.74 Å². The van der Waals surface area contributed by atoms with Crippen molar-refractivity contribution >= 4 is 17.6 Å². The third-order valence-corrected chi connectivity index (χ3v) is 4.85. The Morgan fingerprint density at radius 1 is 1.24 bits per heavy atom. The molecule has 1 aliphatic rings. The number of nitrogens with one attached hydrogen (secondary N) is 1. The van der Waals surface area contributed by atoms with Gasteiger partial charge in [0.2, 0.25) is 0 Å². The minimum Gasteiger partial charge on any atom is -0.465 e. The summed E-state index contributed by atoms with van der Waals surface area (Å²) in [6.45, 7) is 5.89. The van der Waals surface area contributed by atoms with Crippen molar-refractivity contribution < 1.29 is 14.3 Å². The van der Waals surface area contributed by atoms with Crippen LogP contribution >= 0.6 is 0 Å². The quantitative estimate of drug-likeness (QED) is 0.849. The number of amides is 1. The lowest BCUT2D eigenvalue weighted by molar-refractivity contribution is -0.146. The van der Waals surface area contributed by atoms with Crippen LogP contribution in [0.15, 0.2) is 24.3 Å². The minimum atomic E-state index is -0.491. The van der Waals surface area contributed by atoms with E-state index in [2.05, 4.69) is 10.4 Å². The third-order valence-electron chi connectivity index (χ3n) is 4.85.